The first-order chi connectivity index (χ1) is 17.6. The summed E-state index contributed by atoms with van der Waals surface area (Å²) in [5, 5.41) is 5.38. The number of esters is 1. The summed E-state index contributed by atoms with van der Waals surface area (Å²) in [6.07, 6.45) is 0.757. The molecule has 10 nitrogen and oxygen atoms in total. The van der Waals surface area contributed by atoms with Crippen molar-refractivity contribution in [2.24, 2.45) is 0 Å². The average Bonchev–Trinajstić information content (AvgIpc) is 2.88. The molecule has 196 valence electrons. The molecule has 0 fully saturated rings. The third kappa shape index (κ3) is 9.60. The number of hydrogen-bond acceptors (Lipinski definition) is 8. The normalized spacial score (nSPS) is 10.3. The van der Waals surface area contributed by atoms with Crippen molar-refractivity contribution in [2.45, 2.75) is 46.8 Å². The number of anilines is 1. The first kappa shape index (κ1) is 28.8. The van der Waals surface area contributed by atoms with Gasteiger partial charge in [-0.25, -0.2) is 19.6 Å². The van der Waals surface area contributed by atoms with Gasteiger partial charge in [0.15, 0.2) is 0 Å². The summed E-state index contributed by atoms with van der Waals surface area (Å²) in [6, 6.07) is 14.5. The molecule has 0 saturated carbocycles. The zero-order chi connectivity index (χ0) is 27.4. The first-order valence-electron chi connectivity index (χ1n) is 11.7. The fourth-order valence-electron chi connectivity index (χ4n) is 2.84. The fraction of sp³-hybridized carbons (Fsp3) is 0.296. The van der Waals surface area contributed by atoms with E-state index in [0.717, 1.165) is 0 Å². The van der Waals surface area contributed by atoms with Gasteiger partial charge in [0.25, 0.3) is 5.91 Å². The van der Waals surface area contributed by atoms with Crippen LogP contribution >= 0.6 is 0 Å². The third-order valence-electron chi connectivity index (χ3n) is 4.39. The van der Waals surface area contributed by atoms with Gasteiger partial charge in [0.2, 0.25) is 5.88 Å². The van der Waals surface area contributed by atoms with Gasteiger partial charge in [0, 0.05) is 17.3 Å². The van der Waals surface area contributed by atoms with E-state index in [-0.39, 0.29) is 18.3 Å². The minimum absolute atomic E-state index is 0.130. The quantitative estimate of drug-likeness (QED) is 0.408. The molecule has 0 aliphatic heterocycles. The molecule has 3 aromatic rings. The van der Waals surface area contributed by atoms with Crippen LogP contribution in [0, 0.1) is 0 Å². The molecular weight excluding hydrogens is 476 g/mol. The van der Waals surface area contributed by atoms with Gasteiger partial charge in [-0.1, -0.05) is 19.9 Å². The minimum Gasteiger partial charge on any atom is -0.465 e. The molecule has 2 amide bonds. The summed E-state index contributed by atoms with van der Waals surface area (Å²) in [4.78, 5) is 44.2. The number of aromatic nitrogens is 2. The van der Waals surface area contributed by atoms with E-state index in [1.54, 1.807) is 75.4 Å². The number of benzene rings is 2. The molecule has 0 atom stereocenters. The second-order valence-electron chi connectivity index (χ2n) is 8.36. The largest absolute Gasteiger partial charge is 0.465 e. The average molecular weight is 509 g/mol. The number of nitrogens with zero attached hydrogens (tertiary/aromatic N) is 2. The molecule has 0 unspecified atom stereocenters. The van der Waals surface area contributed by atoms with Crippen LogP contribution in [0.4, 0.5) is 10.5 Å². The van der Waals surface area contributed by atoms with Crippen LogP contribution in [0.3, 0.4) is 0 Å². The molecule has 0 aliphatic carbocycles. The van der Waals surface area contributed by atoms with Gasteiger partial charge in [-0.15, -0.1) is 0 Å². The number of methoxy groups -OCH3 is 1. The van der Waals surface area contributed by atoms with E-state index in [1.165, 1.54) is 13.4 Å². The maximum atomic E-state index is 12.7. The van der Waals surface area contributed by atoms with Crippen LogP contribution in [0.2, 0.25) is 0 Å². The van der Waals surface area contributed by atoms with Crippen molar-refractivity contribution in [1.29, 1.82) is 0 Å². The van der Waals surface area contributed by atoms with Crippen LogP contribution in [0.5, 0.6) is 11.6 Å². The van der Waals surface area contributed by atoms with Crippen molar-refractivity contribution in [3.63, 3.8) is 0 Å². The molecule has 1 heterocycles. The van der Waals surface area contributed by atoms with E-state index >= 15 is 0 Å². The summed E-state index contributed by atoms with van der Waals surface area (Å²) in [5.74, 6) is -0.173. The highest BCUT2D eigenvalue weighted by atomic mass is 16.6. The molecule has 37 heavy (non-hydrogen) atoms. The molecule has 0 radical (unpaired) electrons. The standard InChI is InChI=1S/C25H26N4O6.C2H6/c1-25(2,3)35-24(32)26-14-19-13-21(28-15-27-19)34-20-7-5-6-17(12-20)22(30)29-18-10-8-16(9-11-18)23(31)33-4;1-2/h5-13,15H,14H2,1-4H3,(H,26,32)(H,29,30);1-2H3. The summed E-state index contributed by atoms with van der Waals surface area (Å²) >= 11 is 0. The lowest BCUT2D eigenvalue weighted by atomic mass is 10.1. The Kier molecular flexibility index (Phi) is 10.6. The van der Waals surface area contributed by atoms with E-state index in [1.807, 2.05) is 13.8 Å². The number of hydrogen-bond donors (Lipinski definition) is 2. The lowest BCUT2D eigenvalue weighted by Gasteiger charge is -2.19. The predicted molar refractivity (Wildman–Crippen MR) is 139 cm³/mol. The van der Waals surface area contributed by atoms with Crippen molar-refractivity contribution < 1.29 is 28.6 Å². The van der Waals surface area contributed by atoms with Crippen LogP contribution in [-0.4, -0.2) is 40.6 Å². The van der Waals surface area contributed by atoms with E-state index in [4.69, 9.17) is 9.47 Å². The lowest BCUT2D eigenvalue weighted by molar-refractivity contribution is 0.0521. The molecule has 1 aromatic heterocycles. The summed E-state index contributed by atoms with van der Waals surface area (Å²) in [5.41, 5.74) is 1.18. The number of amides is 2. The van der Waals surface area contributed by atoms with Crippen molar-refractivity contribution in [2.75, 3.05) is 12.4 Å². The molecule has 0 saturated heterocycles. The number of ether oxygens (including phenoxy) is 3. The topological polar surface area (TPSA) is 129 Å². The second-order valence-corrected chi connectivity index (χ2v) is 8.36. The number of rotatable bonds is 7. The van der Waals surface area contributed by atoms with Gasteiger partial charge in [-0.3, -0.25) is 4.79 Å². The Morgan fingerprint density at radius 2 is 1.62 bits per heavy atom. The lowest BCUT2D eigenvalue weighted by Crippen LogP contribution is -2.32. The number of carbonyl (C=O) groups excluding carboxylic acids is 3. The third-order valence-corrected chi connectivity index (χ3v) is 4.39. The Bertz CT molecular complexity index is 1210. The zero-order valence-electron chi connectivity index (χ0n) is 21.8. The van der Waals surface area contributed by atoms with Crippen LogP contribution in [-0.2, 0) is 16.0 Å². The highest BCUT2D eigenvalue weighted by Gasteiger charge is 2.16. The number of nitrogens with one attached hydrogen (secondary N) is 2. The van der Waals surface area contributed by atoms with Crippen LogP contribution in [0.1, 0.15) is 61.0 Å². The Morgan fingerprint density at radius 1 is 0.919 bits per heavy atom. The van der Waals surface area contributed by atoms with Crippen molar-refractivity contribution >= 4 is 23.7 Å². The molecule has 10 heteroatoms. The van der Waals surface area contributed by atoms with E-state index in [2.05, 4.69) is 25.3 Å². The van der Waals surface area contributed by atoms with E-state index in [9.17, 15) is 14.4 Å². The van der Waals surface area contributed by atoms with Crippen molar-refractivity contribution in [3.8, 4) is 11.6 Å². The minimum atomic E-state index is -0.603. The smallest absolute Gasteiger partial charge is 0.407 e. The van der Waals surface area contributed by atoms with Crippen molar-refractivity contribution in [3.05, 3.63) is 77.7 Å². The van der Waals surface area contributed by atoms with Crippen LogP contribution in [0.15, 0.2) is 60.9 Å². The van der Waals surface area contributed by atoms with E-state index < -0.39 is 17.7 Å². The van der Waals surface area contributed by atoms with Crippen LogP contribution in [0.25, 0.3) is 0 Å². The van der Waals surface area contributed by atoms with Gasteiger partial charge in [0.05, 0.1) is 24.9 Å². The molecule has 3 rings (SSSR count). The zero-order valence-corrected chi connectivity index (χ0v) is 21.8. The Morgan fingerprint density at radius 3 is 2.27 bits per heavy atom. The molecular formula is C27H32N4O6. The number of carbonyl (C=O) groups is 3. The monoisotopic (exact) mass is 508 g/mol. The summed E-state index contributed by atoms with van der Waals surface area (Å²) < 4.78 is 15.6. The highest BCUT2D eigenvalue weighted by molar-refractivity contribution is 6.04. The van der Waals surface area contributed by atoms with Gasteiger partial charge >= 0.3 is 12.1 Å². The molecule has 0 spiro atoms. The first-order valence-corrected chi connectivity index (χ1v) is 11.7. The van der Waals surface area contributed by atoms with Gasteiger partial charge < -0.3 is 24.8 Å². The maximum absolute atomic E-state index is 12.7. The number of alkyl carbamates (subject to hydrolysis) is 1. The molecule has 2 aromatic carbocycles. The van der Waals surface area contributed by atoms with Gasteiger partial charge in [-0.05, 0) is 63.2 Å². The van der Waals surface area contributed by atoms with E-state index in [0.29, 0.717) is 28.3 Å². The van der Waals surface area contributed by atoms with Gasteiger partial charge in [-0.2, -0.15) is 0 Å². The van der Waals surface area contributed by atoms with Crippen molar-refractivity contribution in [1.82, 2.24) is 15.3 Å². The van der Waals surface area contributed by atoms with Gasteiger partial charge in [0.1, 0.15) is 17.7 Å². The summed E-state index contributed by atoms with van der Waals surface area (Å²) in [7, 11) is 1.30. The Labute approximate surface area is 216 Å². The Balaban J connectivity index is 0.00000235. The maximum Gasteiger partial charge on any atom is 0.407 e. The molecule has 0 aliphatic rings. The predicted octanol–water partition coefficient (Wildman–Crippen LogP) is 5.36. The molecule has 0 bridgehead atoms. The summed E-state index contributed by atoms with van der Waals surface area (Å²) in [6.45, 7) is 9.46. The molecule has 2 N–H and O–H groups in total. The Hall–Kier alpha value is -4.47. The van der Waals surface area contributed by atoms with Crippen LogP contribution < -0.4 is 15.4 Å². The SMILES string of the molecule is CC.COC(=O)c1ccc(NC(=O)c2cccc(Oc3cc(CNC(=O)OC(C)(C)C)ncn3)c2)cc1. The second kappa shape index (κ2) is 13.6. The highest BCUT2D eigenvalue weighted by Crippen LogP contribution is 2.21. The fourth-order valence-corrected chi connectivity index (χ4v) is 2.84.